The van der Waals surface area contributed by atoms with Gasteiger partial charge in [0.1, 0.15) is 4.90 Å². The molecule has 0 bridgehead atoms. The van der Waals surface area contributed by atoms with Crippen molar-refractivity contribution >= 4 is 44.9 Å². The molecule has 1 heterocycles. The van der Waals surface area contributed by atoms with Gasteiger partial charge in [-0.3, -0.25) is 0 Å². The number of anilines is 1. The lowest BCUT2D eigenvalue weighted by molar-refractivity contribution is 0.274. The maximum absolute atomic E-state index is 12.0. The molecule has 104 valence electrons. The number of rotatable bonds is 2. The fourth-order valence-electron chi connectivity index (χ4n) is 1.50. The van der Waals surface area contributed by atoms with Gasteiger partial charge in [-0.05, 0) is 19.1 Å². The third-order valence-corrected chi connectivity index (χ3v) is 4.51. The van der Waals surface area contributed by atoms with Crippen molar-refractivity contribution in [1.82, 2.24) is 4.72 Å². The summed E-state index contributed by atoms with van der Waals surface area (Å²) >= 11 is 11.7. The first-order valence-electron chi connectivity index (χ1n) is 5.31. The van der Waals surface area contributed by atoms with Crippen LogP contribution < -0.4 is 10.0 Å². The Morgan fingerprint density at radius 3 is 2.63 bits per heavy atom. The highest BCUT2D eigenvalue weighted by Gasteiger charge is 2.28. The number of guanidine groups is 1. The van der Waals surface area contributed by atoms with E-state index < -0.39 is 16.1 Å². The Hall–Kier alpha value is -1.02. The summed E-state index contributed by atoms with van der Waals surface area (Å²) in [6, 6.07) is 2.24. The van der Waals surface area contributed by atoms with Crippen molar-refractivity contribution in [3.8, 4) is 0 Å². The molecule has 2 rings (SSSR count). The van der Waals surface area contributed by atoms with Crippen LogP contribution >= 0.6 is 23.2 Å². The van der Waals surface area contributed by atoms with Gasteiger partial charge in [0.05, 0.1) is 28.4 Å². The van der Waals surface area contributed by atoms with Crippen molar-refractivity contribution in [3.05, 3.63) is 22.2 Å². The first-order valence-corrected chi connectivity index (χ1v) is 7.55. The third-order valence-electron chi connectivity index (χ3n) is 2.41. The highest BCUT2D eigenvalue weighted by atomic mass is 35.5. The molecule has 19 heavy (non-hydrogen) atoms. The molecule has 0 amide bonds. The highest BCUT2D eigenvalue weighted by Crippen LogP contribution is 2.33. The van der Waals surface area contributed by atoms with E-state index in [-0.39, 0.29) is 33.2 Å². The molecular formula is C10H11Cl2N3O3S. The number of benzene rings is 1. The van der Waals surface area contributed by atoms with Crippen LogP contribution in [-0.2, 0) is 10.0 Å². The van der Waals surface area contributed by atoms with Crippen LogP contribution in [0.2, 0.25) is 10.0 Å². The number of aliphatic hydroxyl groups excluding tert-OH is 1. The second kappa shape index (κ2) is 5.16. The van der Waals surface area contributed by atoms with E-state index >= 15 is 0 Å². The lowest BCUT2D eigenvalue weighted by Crippen LogP contribution is -2.41. The maximum atomic E-state index is 12.0. The summed E-state index contributed by atoms with van der Waals surface area (Å²) in [5.74, 6) is 0.0347. The van der Waals surface area contributed by atoms with Gasteiger partial charge in [0.2, 0.25) is 5.96 Å². The SMILES string of the molecule is C[C@@H](CO)N=C1Nc2cc(Cl)c(Cl)cc2S(=O)(=O)N1. The summed E-state index contributed by atoms with van der Waals surface area (Å²) in [5.41, 5.74) is 0.289. The van der Waals surface area contributed by atoms with Crippen LogP contribution in [0, 0.1) is 0 Å². The second-order valence-electron chi connectivity index (χ2n) is 4.00. The predicted molar refractivity (Wildman–Crippen MR) is 74.4 cm³/mol. The van der Waals surface area contributed by atoms with Crippen LogP contribution in [0.4, 0.5) is 5.69 Å². The summed E-state index contributed by atoms with van der Waals surface area (Å²) in [5, 5.41) is 12.1. The first kappa shape index (κ1) is 14.4. The largest absolute Gasteiger partial charge is 0.394 e. The molecule has 0 fully saturated rings. The zero-order valence-corrected chi connectivity index (χ0v) is 12.1. The molecular weight excluding hydrogens is 313 g/mol. The van der Waals surface area contributed by atoms with Crippen molar-refractivity contribution in [1.29, 1.82) is 0 Å². The Bertz CT molecular complexity index is 646. The van der Waals surface area contributed by atoms with Crippen molar-refractivity contribution < 1.29 is 13.5 Å². The molecule has 1 aliphatic heterocycles. The maximum Gasteiger partial charge on any atom is 0.266 e. The van der Waals surface area contributed by atoms with E-state index in [1.165, 1.54) is 12.1 Å². The number of nitrogens with zero attached hydrogens (tertiary/aromatic N) is 1. The van der Waals surface area contributed by atoms with E-state index in [0.29, 0.717) is 0 Å². The number of halogens is 2. The molecule has 1 aromatic carbocycles. The Morgan fingerprint density at radius 1 is 1.37 bits per heavy atom. The number of aliphatic imine (C=N–C) groups is 1. The van der Waals surface area contributed by atoms with Crippen LogP contribution in [0.5, 0.6) is 0 Å². The molecule has 0 radical (unpaired) electrons. The molecule has 1 atom stereocenters. The van der Waals surface area contributed by atoms with Gasteiger partial charge in [0.15, 0.2) is 0 Å². The minimum Gasteiger partial charge on any atom is -0.394 e. The highest BCUT2D eigenvalue weighted by molar-refractivity contribution is 7.90. The Labute approximate surface area is 120 Å². The number of sulfonamides is 1. The second-order valence-corrected chi connectivity index (χ2v) is 6.47. The molecule has 0 saturated carbocycles. The topological polar surface area (TPSA) is 90.8 Å². The smallest absolute Gasteiger partial charge is 0.266 e. The fraction of sp³-hybridized carbons (Fsp3) is 0.300. The number of hydrogen-bond acceptors (Lipinski definition) is 4. The molecule has 0 unspecified atom stereocenters. The van der Waals surface area contributed by atoms with Gasteiger partial charge in [-0.1, -0.05) is 23.2 Å². The lowest BCUT2D eigenvalue weighted by Gasteiger charge is -2.22. The Morgan fingerprint density at radius 2 is 2.00 bits per heavy atom. The number of hydrogen-bond donors (Lipinski definition) is 3. The van der Waals surface area contributed by atoms with Gasteiger partial charge in [0.25, 0.3) is 10.0 Å². The van der Waals surface area contributed by atoms with Crippen LogP contribution in [0.25, 0.3) is 0 Å². The number of aliphatic hydroxyl groups is 1. The molecule has 0 spiro atoms. The van der Waals surface area contributed by atoms with E-state index in [4.69, 9.17) is 28.3 Å². The number of nitrogens with one attached hydrogen (secondary N) is 2. The van der Waals surface area contributed by atoms with Gasteiger partial charge in [-0.2, -0.15) is 0 Å². The normalized spacial score (nSPS) is 20.3. The lowest BCUT2D eigenvalue weighted by atomic mass is 10.3. The van der Waals surface area contributed by atoms with Crippen molar-refractivity contribution in [2.75, 3.05) is 11.9 Å². The minimum atomic E-state index is -3.75. The van der Waals surface area contributed by atoms with Crippen LogP contribution in [0.1, 0.15) is 6.92 Å². The molecule has 6 nitrogen and oxygen atoms in total. The zero-order valence-electron chi connectivity index (χ0n) is 9.81. The fourth-order valence-corrected chi connectivity index (χ4v) is 3.04. The molecule has 0 aromatic heterocycles. The van der Waals surface area contributed by atoms with Gasteiger partial charge in [-0.15, -0.1) is 0 Å². The third kappa shape index (κ3) is 2.94. The van der Waals surface area contributed by atoms with Crippen molar-refractivity contribution in [2.24, 2.45) is 4.99 Å². The van der Waals surface area contributed by atoms with Gasteiger partial charge < -0.3 is 10.4 Å². The van der Waals surface area contributed by atoms with Crippen molar-refractivity contribution in [3.63, 3.8) is 0 Å². The predicted octanol–water partition coefficient (Wildman–Crippen LogP) is 1.43. The van der Waals surface area contributed by atoms with Gasteiger partial charge in [0, 0.05) is 0 Å². The molecule has 9 heteroatoms. The standard InChI is InChI=1S/C10H11Cl2N3O3S/c1-5(4-16)13-10-14-8-2-6(11)7(12)3-9(8)19(17,18)15-10/h2-3,5,16H,4H2,1H3,(H2,13,14,15)/t5-/m0/s1. The van der Waals surface area contributed by atoms with Crippen LogP contribution in [0.15, 0.2) is 22.0 Å². The van der Waals surface area contributed by atoms with E-state index in [2.05, 4.69) is 15.0 Å². The quantitative estimate of drug-likeness (QED) is 0.768. The average molecular weight is 324 g/mol. The van der Waals surface area contributed by atoms with E-state index in [0.717, 1.165) is 0 Å². The average Bonchev–Trinajstić information content (AvgIpc) is 2.31. The Kier molecular flexibility index (Phi) is 3.91. The van der Waals surface area contributed by atoms with Crippen LogP contribution in [0.3, 0.4) is 0 Å². The zero-order chi connectivity index (χ0) is 14.2. The molecule has 1 aliphatic rings. The summed E-state index contributed by atoms with van der Waals surface area (Å²) < 4.78 is 26.3. The summed E-state index contributed by atoms with van der Waals surface area (Å²) in [6.07, 6.45) is 0. The van der Waals surface area contributed by atoms with E-state index in [1.54, 1.807) is 6.92 Å². The Balaban J connectivity index is 2.50. The minimum absolute atomic E-state index is 0.00231. The summed E-state index contributed by atoms with van der Waals surface area (Å²) in [6.45, 7) is 1.45. The van der Waals surface area contributed by atoms with Gasteiger partial charge in [-0.25, -0.2) is 18.1 Å². The first-order chi connectivity index (χ1) is 8.83. The van der Waals surface area contributed by atoms with E-state index in [9.17, 15) is 8.42 Å². The van der Waals surface area contributed by atoms with Gasteiger partial charge >= 0.3 is 0 Å². The molecule has 0 aliphatic carbocycles. The summed E-state index contributed by atoms with van der Waals surface area (Å²) in [7, 11) is -3.75. The number of fused-ring (bicyclic) bond motifs is 1. The molecule has 1 aromatic rings. The van der Waals surface area contributed by atoms with Crippen molar-refractivity contribution in [2.45, 2.75) is 17.9 Å². The van der Waals surface area contributed by atoms with E-state index in [1.807, 2.05) is 0 Å². The molecule has 0 saturated heterocycles. The monoisotopic (exact) mass is 323 g/mol. The van der Waals surface area contributed by atoms with Crippen LogP contribution in [-0.4, -0.2) is 32.1 Å². The summed E-state index contributed by atoms with van der Waals surface area (Å²) in [4.78, 5) is 3.99. The molecule has 3 N–H and O–H groups in total.